The van der Waals surface area contributed by atoms with E-state index >= 15 is 0 Å². The summed E-state index contributed by atoms with van der Waals surface area (Å²) in [5.41, 5.74) is 1.32. The molecule has 0 atom stereocenters. The lowest BCUT2D eigenvalue weighted by atomic mass is 10.2. The molecule has 1 aromatic rings. The average Bonchev–Trinajstić information content (AvgIpc) is 3.24. The first-order chi connectivity index (χ1) is 8.92. The molecular formula is C15H22N2O. The number of nitrogens with zero attached hydrogens (tertiary/aromatic N) is 1. The van der Waals surface area contributed by atoms with Gasteiger partial charge in [0.2, 0.25) is 0 Å². The fourth-order valence-electron chi connectivity index (χ4n) is 2.36. The van der Waals surface area contributed by atoms with Crippen LogP contribution in [0.15, 0.2) is 24.3 Å². The molecule has 0 aromatic heterocycles. The molecule has 0 unspecified atom stereocenters. The van der Waals surface area contributed by atoms with Crippen molar-refractivity contribution in [1.82, 2.24) is 5.32 Å². The van der Waals surface area contributed by atoms with Gasteiger partial charge in [-0.2, -0.15) is 0 Å². The summed E-state index contributed by atoms with van der Waals surface area (Å²) in [5, 5.41) is 3.43. The zero-order valence-corrected chi connectivity index (χ0v) is 10.9. The van der Waals surface area contributed by atoms with Gasteiger partial charge in [-0.05, 0) is 56.0 Å². The van der Waals surface area contributed by atoms with Crippen LogP contribution in [0.1, 0.15) is 19.3 Å². The predicted molar refractivity (Wildman–Crippen MR) is 74.4 cm³/mol. The van der Waals surface area contributed by atoms with Gasteiger partial charge in [0.05, 0.1) is 6.61 Å². The van der Waals surface area contributed by atoms with Crippen LogP contribution in [0.2, 0.25) is 0 Å². The zero-order chi connectivity index (χ0) is 12.2. The molecule has 0 radical (unpaired) electrons. The van der Waals surface area contributed by atoms with E-state index in [2.05, 4.69) is 34.5 Å². The maximum atomic E-state index is 5.77. The van der Waals surface area contributed by atoms with Gasteiger partial charge in [0.1, 0.15) is 5.75 Å². The molecular weight excluding hydrogens is 224 g/mol. The van der Waals surface area contributed by atoms with Gasteiger partial charge < -0.3 is 15.0 Å². The van der Waals surface area contributed by atoms with Crippen LogP contribution in [0.25, 0.3) is 0 Å². The van der Waals surface area contributed by atoms with Crippen LogP contribution < -0.4 is 15.0 Å². The van der Waals surface area contributed by atoms with Gasteiger partial charge in [-0.15, -0.1) is 0 Å². The van der Waals surface area contributed by atoms with Crippen LogP contribution in [-0.4, -0.2) is 32.8 Å². The molecule has 2 aliphatic rings. The second-order valence-corrected chi connectivity index (χ2v) is 5.34. The van der Waals surface area contributed by atoms with E-state index in [0.717, 1.165) is 44.5 Å². The number of nitrogens with one attached hydrogen (secondary N) is 1. The molecule has 0 spiro atoms. The van der Waals surface area contributed by atoms with Crippen molar-refractivity contribution in [2.75, 3.05) is 37.7 Å². The summed E-state index contributed by atoms with van der Waals surface area (Å²) in [7, 11) is 0. The summed E-state index contributed by atoms with van der Waals surface area (Å²) >= 11 is 0. The summed E-state index contributed by atoms with van der Waals surface area (Å²) < 4.78 is 5.77. The van der Waals surface area contributed by atoms with E-state index in [-0.39, 0.29) is 0 Å². The molecule has 1 aliphatic carbocycles. The first-order valence-corrected chi connectivity index (χ1v) is 7.10. The highest BCUT2D eigenvalue weighted by molar-refractivity contribution is 5.49. The summed E-state index contributed by atoms with van der Waals surface area (Å²) in [6, 6.07) is 8.59. The first-order valence-electron chi connectivity index (χ1n) is 7.10. The monoisotopic (exact) mass is 246 g/mol. The minimum absolute atomic E-state index is 0.821. The van der Waals surface area contributed by atoms with E-state index in [1.54, 1.807) is 0 Å². The van der Waals surface area contributed by atoms with E-state index in [4.69, 9.17) is 4.74 Å². The lowest BCUT2D eigenvalue weighted by Crippen LogP contribution is -2.27. The summed E-state index contributed by atoms with van der Waals surface area (Å²) in [4.78, 5) is 2.45. The molecule has 3 heteroatoms. The van der Waals surface area contributed by atoms with Gasteiger partial charge in [-0.25, -0.2) is 0 Å². The molecule has 1 saturated carbocycles. The normalized spacial score (nSPS) is 20.6. The van der Waals surface area contributed by atoms with E-state index in [0.29, 0.717) is 0 Å². The fourth-order valence-corrected chi connectivity index (χ4v) is 2.36. The number of hydrogen-bond donors (Lipinski definition) is 1. The summed E-state index contributed by atoms with van der Waals surface area (Å²) in [6.07, 6.45) is 3.91. The van der Waals surface area contributed by atoms with Gasteiger partial charge in [0.25, 0.3) is 0 Å². The third kappa shape index (κ3) is 3.16. The smallest absolute Gasteiger partial charge is 0.119 e. The van der Waals surface area contributed by atoms with E-state index < -0.39 is 0 Å². The predicted octanol–water partition coefficient (Wildman–Crippen LogP) is 2.28. The minimum Gasteiger partial charge on any atom is -0.493 e. The van der Waals surface area contributed by atoms with Crippen molar-refractivity contribution in [3.63, 3.8) is 0 Å². The van der Waals surface area contributed by atoms with Gasteiger partial charge in [-0.3, -0.25) is 0 Å². The Balaban J connectivity index is 1.58. The van der Waals surface area contributed by atoms with Crippen molar-refractivity contribution in [3.05, 3.63) is 24.3 Å². The SMILES string of the molecule is c1cc(N2CCCNCC2)ccc1OCC1CC1. The Labute approximate surface area is 109 Å². The largest absolute Gasteiger partial charge is 0.493 e. The minimum atomic E-state index is 0.821. The van der Waals surface area contributed by atoms with Crippen LogP contribution in [0.5, 0.6) is 5.75 Å². The highest BCUT2D eigenvalue weighted by Crippen LogP contribution is 2.30. The zero-order valence-electron chi connectivity index (χ0n) is 10.9. The Kier molecular flexibility index (Phi) is 3.69. The molecule has 0 bridgehead atoms. The Morgan fingerprint density at radius 2 is 1.94 bits per heavy atom. The second-order valence-electron chi connectivity index (χ2n) is 5.34. The van der Waals surface area contributed by atoms with E-state index in [1.165, 1.54) is 24.9 Å². The van der Waals surface area contributed by atoms with Crippen molar-refractivity contribution < 1.29 is 4.74 Å². The van der Waals surface area contributed by atoms with Crippen LogP contribution in [0.3, 0.4) is 0 Å². The molecule has 18 heavy (non-hydrogen) atoms. The highest BCUT2D eigenvalue weighted by Gasteiger charge is 2.21. The molecule has 1 saturated heterocycles. The quantitative estimate of drug-likeness (QED) is 0.882. The maximum Gasteiger partial charge on any atom is 0.119 e. The van der Waals surface area contributed by atoms with Gasteiger partial charge in [0.15, 0.2) is 0 Å². The van der Waals surface area contributed by atoms with Gasteiger partial charge in [-0.1, -0.05) is 0 Å². The van der Waals surface area contributed by atoms with Crippen molar-refractivity contribution >= 4 is 5.69 Å². The number of anilines is 1. The second kappa shape index (κ2) is 5.61. The van der Waals surface area contributed by atoms with Crippen molar-refractivity contribution in [1.29, 1.82) is 0 Å². The topological polar surface area (TPSA) is 24.5 Å². The Hall–Kier alpha value is -1.22. The molecule has 1 aromatic carbocycles. The Morgan fingerprint density at radius 1 is 1.11 bits per heavy atom. The van der Waals surface area contributed by atoms with Crippen molar-refractivity contribution in [2.24, 2.45) is 5.92 Å². The van der Waals surface area contributed by atoms with Crippen LogP contribution in [0.4, 0.5) is 5.69 Å². The molecule has 2 fully saturated rings. The Morgan fingerprint density at radius 3 is 2.72 bits per heavy atom. The summed E-state index contributed by atoms with van der Waals surface area (Å²) in [5.74, 6) is 1.83. The molecule has 1 heterocycles. The van der Waals surface area contributed by atoms with Crippen LogP contribution in [-0.2, 0) is 0 Å². The third-order valence-electron chi connectivity index (χ3n) is 3.72. The van der Waals surface area contributed by atoms with Crippen molar-refractivity contribution in [3.8, 4) is 5.75 Å². The highest BCUT2D eigenvalue weighted by atomic mass is 16.5. The third-order valence-corrected chi connectivity index (χ3v) is 3.72. The average molecular weight is 246 g/mol. The lowest BCUT2D eigenvalue weighted by Gasteiger charge is -2.22. The van der Waals surface area contributed by atoms with E-state index in [9.17, 15) is 0 Å². The Bertz CT molecular complexity index is 365. The van der Waals surface area contributed by atoms with Gasteiger partial charge in [0, 0.05) is 25.3 Å². The molecule has 3 rings (SSSR count). The number of rotatable bonds is 4. The number of hydrogen-bond acceptors (Lipinski definition) is 3. The molecule has 98 valence electrons. The molecule has 0 amide bonds. The standard InChI is InChI=1S/C15H22N2O/c1-8-16-9-11-17(10-1)14-4-6-15(7-5-14)18-12-13-2-3-13/h4-7,13,16H,1-3,8-12H2. The van der Waals surface area contributed by atoms with E-state index in [1.807, 2.05) is 0 Å². The molecule has 1 N–H and O–H groups in total. The van der Waals surface area contributed by atoms with Crippen LogP contribution in [0, 0.1) is 5.92 Å². The van der Waals surface area contributed by atoms with Crippen molar-refractivity contribution in [2.45, 2.75) is 19.3 Å². The summed E-state index contributed by atoms with van der Waals surface area (Å²) in [6.45, 7) is 5.36. The fraction of sp³-hybridized carbons (Fsp3) is 0.600. The molecule has 1 aliphatic heterocycles. The molecule has 3 nitrogen and oxygen atoms in total. The number of benzene rings is 1. The number of ether oxygens (including phenoxy) is 1. The first kappa shape index (κ1) is 11.8. The van der Waals surface area contributed by atoms with Crippen LogP contribution >= 0.6 is 0 Å². The lowest BCUT2D eigenvalue weighted by molar-refractivity contribution is 0.300. The maximum absolute atomic E-state index is 5.77. The van der Waals surface area contributed by atoms with Gasteiger partial charge >= 0.3 is 0 Å².